The Bertz CT molecular complexity index is 911. The fraction of sp³-hybridized carbons (Fsp3) is 0.500. The van der Waals surface area contributed by atoms with Crippen LogP contribution in [-0.4, -0.2) is 40.1 Å². The smallest absolute Gasteiger partial charge is 0.330 e. The molecule has 3 atom stereocenters. The molecule has 27 heavy (non-hydrogen) atoms. The first kappa shape index (κ1) is 20.1. The lowest BCUT2D eigenvalue weighted by molar-refractivity contribution is -0.143. The van der Waals surface area contributed by atoms with E-state index in [1.165, 1.54) is 17.7 Å². The molecule has 0 aliphatic carbocycles. The van der Waals surface area contributed by atoms with Crippen LogP contribution in [0.25, 0.3) is 10.4 Å². The summed E-state index contributed by atoms with van der Waals surface area (Å²) < 4.78 is 11.9. The Balaban J connectivity index is 2.10. The zero-order valence-corrected chi connectivity index (χ0v) is 14.8. The number of hydrogen-bond acceptors (Lipinski definition) is 7. The Morgan fingerprint density at radius 3 is 2.89 bits per heavy atom. The maximum absolute atomic E-state index is 12.0. The van der Waals surface area contributed by atoms with Gasteiger partial charge < -0.3 is 9.47 Å². The highest BCUT2D eigenvalue weighted by molar-refractivity contribution is 5.95. The molecule has 1 fully saturated rings. The number of rotatable bonds is 7. The summed E-state index contributed by atoms with van der Waals surface area (Å²) >= 11 is 0. The van der Waals surface area contributed by atoms with E-state index in [0.717, 1.165) is 12.2 Å². The minimum Gasteiger partial charge on any atom is -0.460 e. The fourth-order valence-corrected chi connectivity index (χ4v) is 2.51. The molecule has 2 heterocycles. The first-order valence-electron chi connectivity index (χ1n) is 8.25. The molecule has 0 saturated carbocycles. The van der Waals surface area contributed by atoms with Crippen LogP contribution in [0.3, 0.4) is 0 Å². The van der Waals surface area contributed by atoms with E-state index in [9.17, 15) is 19.2 Å². The molecule has 0 aromatic carbocycles. The summed E-state index contributed by atoms with van der Waals surface area (Å²) in [6, 6.07) is -0.673. The van der Waals surface area contributed by atoms with Crippen molar-refractivity contribution in [2.75, 3.05) is 6.61 Å². The van der Waals surface area contributed by atoms with E-state index in [2.05, 4.69) is 15.0 Å². The number of carbonyl (C=O) groups excluding carboxylic acids is 2. The molecular formula is C16H19N5O6. The second-order valence-corrected chi connectivity index (χ2v) is 5.90. The molecule has 0 radical (unpaired) electrons. The number of aryl methyl sites for hydroxylation is 1. The van der Waals surface area contributed by atoms with Gasteiger partial charge in [0.05, 0.1) is 6.04 Å². The largest absolute Gasteiger partial charge is 0.460 e. The summed E-state index contributed by atoms with van der Waals surface area (Å²) in [6.07, 6.45) is 2.36. The monoisotopic (exact) mass is 377 g/mol. The molecule has 0 spiro atoms. The summed E-state index contributed by atoms with van der Waals surface area (Å²) in [4.78, 5) is 51.2. The van der Waals surface area contributed by atoms with Crippen molar-refractivity contribution in [2.24, 2.45) is 5.11 Å². The van der Waals surface area contributed by atoms with E-state index in [-0.39, 0.29) is 25.2 Å². The number of carbonyl (C=O) groups is 2. The zero-order chi connectivity index (χ0) is 20.0. The van der Waals surface area contributed by atoms with Gasteiger partial charge in [0, 0.05) is 35.6 Å². The first-order chi connectivity index (χ1) is 12.8. The Labute approximate surface area is 153 Å². The number of nitrogens with zero attached hydrogens (tertiary/aromatic N) is 4. The van der Waals surface area contributed by atoms with Gasteiger partial charge in [-0.2, -0.15) is 0 Å². The molecule has 1 aromatic heterocycles. The molecule has 0 amide bonds. The van der Waals surface area contributed by atoms with Crippen LogP contribution in [0.5, 0.6) is 0 Å². The number of ketones is 1. The maximum atomic E-state index is 12.0. The third kappa shape index (κ3) is 5.16. The van der Waals surface area contributed by atoms with Gasteiger partial charge in [-0.15, -0.1) is 0 Å². The molecule has 0 unspecified atom stereocenters. The predicted octanol–water partition coefficient (Wildman–Crippen LogP) is 0.890. The van der Waals surface area contributed by atoms with Crippen LogP contribution in [0.15, 0.2) is 33.1 Å². The van der Waals surface area contributed by atoms with E-state index < -0.39 is 35.6 Å². The van der Waals surface area contributed by atoms with Gasteiger partial charge in [-0.3, -0.25) is 19.1 Å². The number of H-pyrrole nitrogens is 1. The van der Waals surface area contributed by atoms with Crippen LogP contribution < -0.4 is 11.2 Å². The molecule has 1 saturated heterocycles. The summed E-state index contributed by atoms with van der Waals surface area (Å²) in [6.45, 7) is 2.98. The van der Waals surface area contributed by atoms with Gasteiger partial charge in [-0.25, -0.2) is 9.59 Å². The van der Waals surface area contributed by atoms with Crippen molar-refractivity contribution >= 4 is 11.8 Å². The van der Waals surface area contributed by atoms with Crippen molar-refractivity contribution < 1.29 is 19.1 Å². The number of aromatic nitrogens is 2. The molecule has 1 aliphatic heterocycles. The summed E-state index contributed by atoms with van der Waals surface area (Å²) in [5.74, 6) is -0.954. The molecule has 0 bridgehead atoms. The Kier molecular flexibility index (Phi) is 6.69. The minimum absolute atomic E-state index is 0.168. The maximum Gasteiger partial charge on any atom is 0.330 e. The highest BCUT2D eigenvalue weighted by atomic mass is 16.6. The number of aromatic amines is 1. The van der Waals surface area contributed by atoms with Gasteiger partial charge in [0.15, 0.2) is 5.78 Å². The van der Waals surface area contributed by atoms with Gasteiger partial charge in [-0.05, 0) is 18.5 Å². The molecule has 1 aromatic rings. The number of hydrogen-bond donors (Lipinski definition) is 1. The lowest BCUT2D eigenvalue weighted by Gasteiger charge is -2.16. The zero-order valence-electron chi connectivity index (χ0n) is 14.8. The summed E-state index contributed by atoms with van der Waals surface area (Å²) in [5.41, 5.74) is 7.88. The highest BCUT2D eigenvalue weighted by Gasteiger charge is 2.37. The molecule has 11 nitrogen and oxygen atoms in total. The number of esters is 1. The van der Waals surface area contributed by atoms with Crippen molar-refractivity contribution in [2.45, 2.75) is 45.1 Å². The lowest BCUT2D eigenvalue weighted by atomic mass is 10.1. The van der Waals surface area contributed by atoms with Crippen LogP contribution in [0.1, 0.15) is 31.6 Å². The fourth-order valence-electron chi connectivity index (χ4n) is 2.51. The van der Waals surface area contributed by atoms with Crippen molar-refractivity contribution in [3.63, 3.8) is 0 Å². The van der Waals surface area contributed by atoms with Gasteiger partial charge in [0.2, 0.25) is 0 Å². The average molecular weight is 377 g/mol. The SMILES string of the molecule is CCC(=O)/C=C/C(=O)OC[C@H]1O[C@@H](n2cc(C)c(=O)[nH]c2=O)C[C@@H]1N=[N+]=[N-]. The van der Waals surface area contributed by atoms with Crippen LogP contribution in [-0.2, 0) is 19.1 Å². The molecular weight excluding hydrogens is 358 g/mol. The Hall–Kier alpha value is -3.17. The van der Waals surface area contributed by atoms with Crippen molar-refractivity contribution in [3.8, 4) is 0 Å². The van der Waals surface area contributed by atoms with Gasteiger partial charge in [-0.1, -0.05) is 12.0 Å². The van der Waals surface area contributed by atoms with E-state index in [1.54, 1.807) is 6.92 Å². The van der Waals surface area contributed by atoms with Gasteiger partial charge in [0.1, 0.15) is 18.9 Å². The van der Waals surface area contributed by atoms with Crippen LogP contribution >= 0.6 is 0 Å². The molecule has 2 rings (SSSR count). The summed E-state index contributed by atoms with van der Waals surface area (Å²) in [5, 5.41) is 3.62. The second-order valence-electron chi connectivity index (χ2n) is 5.90. The van der Waals surface area contributed by atoms with Crippen molar-refractivity contribution in [1.82, 2.24) is 9.55 Å². The Morgan fingerprint density at radius 1 is 1.48 bits per heavy atom. The van der Waals surface area contributed by atoms with E-state index in [0.29, 0.717) is 5.56 Å². The predicted molar refractivity (Wildman–Crippen MR) is 92.9 cm³/mol. The van der Waals surface area contributed by atoms with Crippen LogP contribution in [0.2, 0.25) is 0 Å². The third-order valence-electron chi connectivity index (χ3n) is 4.00. The third-order valence-corrected chi connectivity index (χ3v) is 4.00. The molecule has 144 valence electrons. The molecule has 1 N–H and O–H groups in total. The van der Waals surface area contributed by atoms with Crippen molar-refractivity contribution in [1.29, 1.82) is 0 Å². The number of ether oxygens (including phenoxy) is 2. The van der Waals surface area contributed by atoms with E-state index in [1.807, 2.05) is 0 Å². The van der Waals surface area contributed by atoms with Crippen molar-refractivity contribution in [3.05, 3.63) is 55.2 Å². The molecule has 11 heteroatoms. The van der Waals surface area contributed by atoms with Crippen LogP contribution in [0.4, 0.5) is 0 Å². The Morgan fingerprint density at radius 2 is 2.22 bits per heavy atom. The normalized spacial score (nSPS) is 21.8. The number of nitrogens with one attached hydrogen (secondary N) is 1. The van der Waals surface area contributed by atoms with E-state index >= 15 is 0 Å². The van der Waals surface area contributed by atoms with Crippen LogP contribution in [0, 0.1) is 6.92 Å². The lowest BCUT2D eigenvalue weighted by Crippen LogP contribution is -2.33. The topological polar surface area (TPSA) is 156 Å². The molecule has 1 aliphatic rings. The van der Waals surface area contributed by atoms with Gasteiger partial charge in [0.25, 0.3) is 5.56 Å². The average Bonchev–Trinajstić information content (AvgIpc) is 3.03. The minimum atomic E-state index is -0.788. The number of azide groups is 1. The summed E-state index contributed by atoms with van der Waals surface area (Å²) in [7, 11) is 0. The highest BCUT2D eigenvalue weighted by Crippen LogP contribution is 2.30. The second kappa shape index (κ2) is 8.97. The quantitative estimate of drug-likeness (QED) is 0.244. The number of allylic oxidation sites excluding steroid dienone is 1. The standard InChI is InChI=1S/C16H19N5O6/c1-3-10(22)4-5-14(23)26-8-12-11(19-20-17)6-13(27-12)21-7-9(2)15(24)18-16(21)25/h4-5,7,11-13H,3,6,8H2,1-2H3,(H,18,24,25)/b5-4+/t11-,12+,13+/m0/s1. The van der Waals surface area contributed by atoms with Gasteiger partial charge >= 0.3 is 11.7 Å². The first-order valence-corrected chi connectivity index (χ1v) is 8.25. The van der Waals surface area contributed by atoms with E-state index in [4.69, 9.17) is 15.0 Å².